The van der Waals surface area contributed by atoms with E-state index in [4.69, 9.17) is 37.9 Å². The number of carbonyl (C=O) groups excluding carboxylic acids is 1. The summed E-state index contributed by atoms with van der Waals surface area (Å²) in [4.78, 5) is 12.2. The Morgan fingerprint density at radius 1 is 0.600 bits per heavy atom. The predicted molar refractivity (Wildman–Crippen MR) is 158 cm³/mol. The summed E-state index contributed by atoms with van der Waals surface area (Å²) in [5.41, 5.74) is 0. The van der Waals surface area contributed by atoms with Crippen molar-refractivity contribution in [3.05, 3.63) is 0 Å². The zero-order chi connectivity index (χ0) is 37.0. The van der Waals surface area contributed by atoms with E-state index in [1.165, 1.54) is 6.92 Å². The van der Waals surface area contributed by atoms with E-state index in [2.05, 4.69) is 5.32 Å². The van der Waals surface area contributed by atoms with Crippen LogP contribution in [0.1, 0.15) is 27.2 Å². The Kier molecular flexibility index (Phi) is 15.1. The highest BCUT2D eigenvalue weighted by Crippen LogP contribution is 2.32. The van der Waals surface area contributed by atoms with Gasteiger partial charge in [-0.1, -0.05) is 6.92 Å². The van der Waals surface area contributed by atoms with E-state index in [1.54, 1.807) is 6.92 Å². The molecule has 0 aliphatic carbocycles. The molecule has 50 heavy (non-hydrogen) atoms. The van der Waals surface area contributed by atoms with Crippen molar-refractivity contribution in [2.45, 2.75) is 150 Å². The zero-order valence-electron chi connectivity index (χ0n) is 27.7. The lowest BCUT2D eigenvalue weighted by atomic mass is 9.95. The summed E-state index contributed by atoms with van der Waals surface area (Å²) in [7, 11) is 0. The Morgan fingerprint density at radius 2 is 1.12 bits per heavy atom. The van der Waals surface area contributed by atoms with E-state index in [0.29, 0.717) is 6.42 Å². The van der Waals surface area contributed by atoms with Gasteiger partial charge in [-0.05, 0) is 13.3 Å². The Bertz CT molecular complexity index is 1060. The molecule has 0 saturated carbocycles. The molecule has 0 aromatic carbocycles. The van der Waals surface area contributed by atoms with Crippen LogP contribution in [0.5, 0.6) is 0 Å². The van der Waals surface area contributed by atoms with Crippen LogP contribution < -0.4 is 5.32 Å². The quantitative estimate of drug-likeness (QED) is 0.0836. The number of hydrogen-bond donors (Lipinski definition) is 12. The summed E-state index contributed by atoms with van der Waals surface area (Å²) in [6.45, 7) is 2.32. The van der Waals surface area contributed by atoms with Gasteiger partial charge in [0.2, 0.25) is 5.91 Å². The van der Waals surface area contributed by atoms with Gasteiger partial charge < -0.3 is 99.4 Å². The lowest BCUT2D eigenvalue weighted by Gasteiger charge is -2.48. The molecule has 0 aromatic rings. The first kappa shape index (κ1) is 41.5. The number of amides is 1. The van der Waals surface area contributed by atoms with E-state index in [9.17, 15) is 61.0 Å². The fourth-order valence-electron chi connectivity index (χ4n) is 6.12. The number of carbonyl (C=O) groups is 1. The first-order chi connectivity index (χ1) is 23.6. The van der Waals surface area contributed by atoms with Crippen molar-refractivity contribution in [3.8, 4) is 0 Å². The summed E-state index contributed by atoms with van der Waals surface area (Å²) >= 11 is 0. The molecule has 0 unspecified atom stereocenters. The van der Waals surface area contributed by atoms with Crippen LogP contribution in [-0.2, 0) is 42.7 Å². The summed E-state index contributed by atoms with van der Waals surface area (Å²) < 4.78 is 45.4. The fraction of sp³-hybridized carbons (Fsp3) is 0.966. The van der Waals surface area contributed by atoms with Gasteiger partial charge in [-0.3, -0.25) is 4.79 Å². The van der Waals surface area contributed by atoms with Crippen LogP contribution >= 0.6 is 0 Å². The number of nitrogens with one attached hydrogen (secondary N) is 1. The van der Waals surface area contributed by atoms with Gasteiger partial charge >= 0.3 is 0 Å². The number of hydrogen-bond acceptors (Lipinski definition) is 20. The van der Waals surface area contributed by atoms with Crippen molar-refractivity contribution in [1.82, 2.24) is 5.32 Å². The van der Waals surface area contributed by atoms with Crippen LogP contribution in [0.25, 0.3) is 0 Å². The average Bonchev–Trinajstić information content (AvgIpc) is 3.09. The van der Waals surface area contributed by atoms with Crippen molar-refractivity contribution in [1.29, 1.82) is 0 Å². The molecule has 4 aliphatic heterocycles. The van der Waals surface area contributed by atoms with Crippen LogP contribution in [0.4, 0.5) is 0 Å². The van der Waals surface area contributed by atoms with Crippen molar-refractivity contribution in [2.75, 3.05) is 26.4 Å². The van der Waals surface area contributed by atoms with Gasteiger partial charge in [0.25, 0.3) is 0 Å². The monoisotopic (exact) mass is 733 g/mol. The second kappa shape index (κ2) is 18.2. The van der Waals surface area contributed by atoms with E-state index in [0.717, 1.165) is 6.92 Å². The normalized spacial score (nSPS) is 48.7. The molecule has 0 spiro atoms. The van der Waals surface area contributed by atoms with Crippen LogP contribution in [-0.4, -0.2) is 211 Å². The Hall–Kier alpha value is -1.29. The molecule has 0 radical (unpaired) electrons. The standard InChI is InChI=1S/C29H51NO20/c1-4-5-43-29-25(21(40)16(35)11(6-31)47-29)50-28-23(42)20(39)17(36)13(48-28)8-44-26-14(30-10(3)33)24(18(37)12(7-32)46-26)49-27-22(41)19(38)15(34)9(2)45-27/h9,11-29,31-32,34-42H,4-8H2,1-3H3,(H,30,33)/t9-,11+,12+,13+,14+,15-,16-,17-,18-,19+,20-,21-,22+,23+,24+,25+,26+,27-,28+,29-/m0/s1. The van der Waals surface area contributed by atoms with Gasteiger partial charge in [-0.25, -0.2) is 0 Å². The Balaban J connectivity index is 1.51. The lowest BCUT2D eigenvalue weighted by Crippen LogP contribution is -2.68. The maximum absolute atomic E-state index is 12.2. The van der Waals surface area contributed by atoms with Crippen molar-refractivity contribution in [3.63, 3.8) is 0 Å². The number of rotatable bonds is 13. The highest BCUT2D eigenvalue weighted by molar-refractivity contribution is 5.73. The van der Waals surface area contributed by atoms with Crippen molar-refractivity contribution >= 4 is 5.91 Å². The molecule has 4 saturated heterocycles. The smallest absolute Gasteiger partial charge is 0.217 e. The van der Waals surface area contributed by atoms with Crippen molar-refractivity contribution in [2.24, 2.45) is 0 Å². The van der Waals surface area contributed by atoms with E-state index in [-0.39, 0.29) is 6.61 Å². The average molecular weight is 734 g/mol. The number of ether oxygens (including phenoxy) is 8. The molecule has 1 amide bonds. The second-order valence-electron chi connectivity index (χ2n) is 12.8. The van der Waals surface area contributed by atoms with Gasteiger partial charge in [0.05, 0.1) is 25.9 Å². The van der Waals surface area contributed by atoms with Gasteiger partial charge in [-0.15, -0.1) is 0 Å². The first-order valence-corrected chi connectivity index (χ1v) is 16.4. The van der Waals surface area contributed by atoms with E-state index < -0.39 is 148 Å². The molecule has 21 nitrogen and oxygen atoms in total. The molecule has 4 heterocycles. The number of aliphatic hydroxyl groups excluding tert-OH is 11. The molecule has 20 atom stereocenters. The topological polar surface area (TPSA) is 325 Å². The van der Waals surface area contributed by atoms with E-state index >= 15 is 0 Å². The maximum atomic E-state index is 12.2. The summed E-state index contributed by atoms with van der Waals surface area (Å²) in [6, 6.07) is -1.41. The molecular weight excluding hydrogens is 682 g/mol. The van der Waals surface area contributed by atoms with E-state index in [1.807, 2.05) is 0 Å². The van der Waals surface area contributed by atoms with Crippen molar-refractivity contribution < 1.29 is 98.9 Å². The molecule has 0 bridgehead atoms. The molecule has 4 rings (SSSR count). The molecule has 4 fully saturated rings. The minimum atomic E-state index is -1.91. The first-order valence-electron chi connectivity index (χ1n) is 16.4. The minimum absolute atomic E-state index is 0.121. The molecule has 0 aromatic heterocycles. The Morgan fingerprint density at radius 3 is 1.72 bits per heavy atom. The second-order valence-corrected chi connectivity index (χ2v) is 12.8. The molecular formula is C29H51NO20. The highest BCUT2D eigenvalue weighted by Gasteiger charge is 2.54. The van der Waals surface area contributed by atoms with Crippen LogP contribution in [0.3, 0.4) is 0 Å². The lowest BCUT2D eigenvalue weighted by molar-refractivity contribution is -0.372. The molecule has 4 aliphatic rings. The number of aliphatic hydroxyl groups is 11. The molecule has 21 heteroatoms. The van der Waals surface area contributed by atoms with Crippen LogP contribution in [0.2, 0.25) is 0 Å². The highest BCUT2D eigenvalue weighted by atomic mass is 16.8. The third kappa shape index (κ3) is 9.07. The summed E-state index contributed by atoms with van der Waals surface area (Å²) in [5.74, 6) is -0.663. The minimum Gasteiger partial charge on any atom is -0.394 e. The molecule has 12 N–H and O–H groups in total. The van der Waals surface area contributed by atoms with Gasteiger partial charge in [0.15, 0.2) is 25.2 Å². The van der Waals surface area contributed by atoms with Crippen LogP contribution in [0.15, 0.2) is 0 Å². The SMILES string of the molecule is CCCO[C@H]1O[C@H](CO)[C@H](O)[C@H](O)[C@H]1O[C@H]1O[C@H](CO[C@@H]2O[C@H](CO)[C@H](O)[C@H](O[C@@H]3O[C@@H](C)[C@H](O)[C@@H](O)[C@H]3O)[C@H]2NC(C)=O)[C@H](O)[C@H](O)[C@H]1O. The molecule has 292 valence electrons. The van der Waals surface area contributed by atoms with Gasteiger partial charge in [0, 0.05) is 13.5 Å². The zero-order valence-corrected chi connectivity index (χ0v) is 27.7. The summed E-state index contributed by atoms with van der Waals surface area (Å²) in [5, 5.41) is 117. The Labute approximate surface area is 286 Å². The maximum Gasteiger partial charge on any atom is 0.217 e. The predicted octanol–water partition coefficient (Wildman–Crippen LogP) is -7.14. The third-order valence-corrected chi connectivity index (χ3v) is 9.02. The third-order valence-electron chi connectivity index (χ3n) is 9.02. The van der Waals surface area contributed by atoms with Gasteiger partial charge in [-0.2, -0.15) is 0 Å². The summed E-state index contributed by atoms with van der Waals surface area (Å²) in [6.07, 6.45) is -29.7. The fourth-order valence-corrected chi connectivity index (χ4v) is 6.12. The van der Waals surface area contributed by atoms with Crippen LogP contribution in [0, 0.1) is 0 Å². The van der Waals surface area contributed by atoms with Gasteiger partial charge in [0.1, 0.15) is 91.5 Å². The largest absolute Gasteiger partial charge is 0.394 e.